The Labute approximate surface area is 148 Å². The maximum absolute atomic E-state index is 12.7. The van der Waals surface area contributed by atoms with Crippen molar-refractivity contribution >= 4 is 27.5 Å². The van der Waals surface area contributed by atoms with Crippen LogP contribution < -0.4 is 4.74 Å². The second kappa shape index (κ2) is 7.72. The van der Waals surface area contributed by atoms with Crippen LogP contribution in [0.4, 0.5) is 0 Å². The summed E-state index contributed by atoms with van der Waals surface area (Å²) in [7, 11) is -1.71. The van der Waals surface area contributed by atoms with E-state index in [2.05, 4.69) is 0 Å². The molecule has 1 heterocycles. The number of carbonyl (C=O) groups is 1. The number of benzene rings is 1. The van der Waals surface area contributed by atoms with Crippen molar-refractivity contribution in [3.05, 3.63) is 28.3 Å². The molecule has 0 N–H and O–H groups in total. The van der Waals surface area contributed by atoms with Gasteiger partial charge in [0, 0.05) is 31.2 Å². The van der Waals surface area contributed by atoms with Gasteiger partial charge in [-0.2, -0.15) is 4.31 Å². The number of ether oxygens (including phenoxy) is 1. The van der Waals surface area contributed by atoms with Gasteiger partial charge in [0.15, 0.2) is 0 Å². The van der Waals surface area contributed by atoms with E-state index in [4.69, 9.17) is 16.3 Å². The van der Waals surface area contributed by atoms with Gasteiger partial charge in [-0.05, 0) is 31.0 Å². The van der Waals surface area contributed by atoms with Crippen LogP contribution in [0.25, 0.3) is 0 Å². The van der Waals surface area contributed by atoms with Gasteiger partial charge in [-0.25, -0.2) is 8.42 Å². The van der Waals surface area contributed by atoms with Crippen molar-refractivity contribution in [2.45, 2.75) is 20.3 Å². The SMILES string of the molecule is CCCS(=O)(=O)N1CCN(C(=O)c2cc(Cl)c(C)cc2OC)CC1. The number of piperazine rings is 1. The Bertz CT molecular complexity index is 713. The third-order valence-corrected chi connectivity index (χ3v) is 6.58. The van der Waals surface area contributed by atoms with E-state index in [-0.39, 0.29) is 11.7 Å². The van der Waals surface area contributed by atoms with Gasteiger partial charge in [-0.1, -0.05) is 18.5 Å². The van der Waals surface area contributed by atoms with Crippen molar-refractivity contribution in [1.29, 1.82) is 0 Å². The molecule has 0 bridgehead atoms. The van der Waals surface area contributed by atoms with Crippen LogP contribution in [0, 0.1) is 6.92 Å². The lowest BCUT2D eigenvalue weighted by Crippen LogP contribution is -2.51. The minimum Gasteiger partial charge on any atom is -0.496 e. The second-order valence-corrected chi connectivity index (χ2v) is 8.30. The van der Waals surface area contributed by atoms with E-state index >= 15 is 0 Å². The van der Waals surface area contributed by atoms with Gasteiger partial charge in [0.25, 0.3) is 5.91 Å². The first-order valence-electron chi connectivity index (χ1n) is 7.91. The lowest BCUT2D eigenvalue weighted by molar-refractivity contribution is 0.0694. The third-order valence-electron chi connectivity index (χ3n) is 4.09. The number of hydrogen-bond acceptors (Lipinski definition) is 4. The monoisotopic (exact) mass is 374 g/mol. The van der Waals surface area contributed by atoms with Crippen molar-refractivity contribution in [3.8, 4) is 5.75 Å². The quantitative estimate of drug-likeness (QED) is 0.792. The third kappa shape index (κ3) is 4.02. The van der Waals surface area contributed by atoms with Crippen LogP contribution >= 0.6 is 11.6 Å². The first-order chi connectivity index (χ1) is 11.3. The summed E-state index contributed by atoms with van der Waals surface area (Å²) < 4.78 is 30.9. The molecule has 0 spiro atoms. The predicted octanol–water partition coefficient (Wildman–Crippen LogP) is 2.15. The van der Waals surface area contributed by atoms with E-state index < -0.39 is 10.0 Å². The molecule has 0 saturated carbocycles. The summed E-state index contributed by atoms with van der Waals surface area (Å²) in [6, 6.07) is 3.34. The van der Waals surface area contributed by atoms with Crippen molar-refractivity contribution < 1.29 is 17.9 Å². The number of carbonyl (C=O) groups excluding carboxylic acids is 1. The minimum absolute atomic E-state index is 0.141. The molecule has 2 rings (SSSR count). The van der Waals surface area contributed by atoms with Crippen LogP contribution in [-0.4, -0.2) is 62.6 Å². The Morgan fingerprint density at radius 1 is 1.25 bits per heavy atom. The molecule has 1 aromatic carbocycles. The van der Waals surface area contributed by atoms with Crippen LogP contribution in [-0.2, 0) is 10.0 Å². The summed E-state index contributed by atoms with van der Waals surface area (Å²) in [5.74, 6) is 0.423. The van der Waals surface area contributed by atoms with E-state index in [1.165, 1.54) is 11.4 Å². The summed E-state index contributed by atoms with van der Waals surface area (Å²) in [5.41, 5.74) is 1.23. The smallest absolute Gasteiger partial charge is 0.257 e. The Morgan fingerprint density at radius 3 is 2.42 bits per heavy atom. The average molecular weight is 375 g/mol. The zero-order valence-electron chi connectivity index (χ0n) is 14.2. The molecule has 1 amide bonds. The number of nitrogens with zero attached hydrogens (tertiary/aromatic N) is 2. The molecule has 8 heteroatoms. The Morgan fingerprint density at radius 2 is 1.88 bits per heavy atom. The molecular formula is C16H23ClN2O4S. The molecule has 134 valence electrons. The Kier molecular flexibility index (Phi) is 6.11. The lowest BCUT2D eigenvalue weighted by Gasteiger charge is -2.34. The maximum Gasteiger partial charge on any atom is 0.257 e. The van der Waals surface area contributed by atoms with Crippen LogP contribution in [0.2, 0.25) is 5.02 Å². The summed E-state index contributed by atoms with van der Waals surface area (Å²) >= 11 is 6.13. The lowest BCUT2D eigenvalue weighted by atomic mass is 10.1. The fourth-order valence-electron chi connectivity index (χ4n) is 2.72. The molecule has 0 aromatic heterocycles. The average Bonchev–Trinajstić information content (AvgIpc) is 2.56. The van der Waals surface area contributed by atoms with Crippen LogP contribution in [0.5, 0.6) is 5.75 Å². The van der Waals surface area contributed by atoms with E-state index in [1.807, 2.05) is 13.8 Å². The van der Waals surface area contributed by atoms with E-state index in [9.17, 15) is 13.2 Å². The number of rotatable bonds is 5. The molecule has 1 aliphatic heterocycles. The summed E-state index contributed by atoms with van der Waals surface area (Å²) in [4.78, 5) is 14.4. The number of halogens is 1. The van der Waals surface area contributed by atoms with Gasteiger partial charge in [0.2, 0.25) is 10.0 Å². The second-order valence-electron chi connectivity index (χ2n) is 5.81. The summed E-state index contributed by atoms with van der Waals surface area (Å²) in [5, 5.41) is 0.503. The van der Waals surface area contributed by atoms with Crippen molar-refractivity contribution in [1.82, 2.24) is 9.21 Å². The van der Waals surface area contributed by atoms with Gasteiger partial charge in [0.05, 0.1) is 18.4 Å². The summed E-state index contributed by atoms with van der Waals surface area (Å²) in [6.45, 7) is 5.03. The standard InChI is InChI=1S/C16H23ClN2O4S/c1-4-9-24(21,22)19-7-5-18(6-8-19)16(20)13-11-14(17)12(2)10-15(13)23-3/h10-11H,4-9H2,1-3H3. The molecule has 1 saturated heterocycles. The predicted molar refractivity (Wildman–Crippen MR) is 94.3 cm³/mol. The molecule has 1 aliphatic rings. The fourth-order valence-corrected chi connectivity index (χ4v) is 4.38. The van der Waals surface area contributed by atoms with Crippen molar-refractivity contribution in [2.24, 2.45) is 0 Å². The molecule has 0 unspecified atom stereocenters. The number of methoxy groups -OCH3 is 1. The molecule has 0 aliphatic carbocycles. The maximum atomic E-state index is 12.7. The zero-order chi connectivity index (χ0) is 17.9. The Balaban J connectivity index is 2.13. The highest BCUT2D eigenvalue weighted by molar-refractivity contribution is 7.89. The van der Waals surface area contributed by atoms with Gasteiger partial charge in [-0.3, -0.25) is 4.79 Å². The van der Waals surface area contributed by atoms with Crippen molar-refractivity contribution in [2.75, 3.05) is 39.0 Å². The summed E-state index contributed by atoms with van der Waals surface area (Å²) in [6.07, 6.45) is 0.584. The largest absolute Gasteiger partial charge is 0.496 e. The number of sulfonamides is 1. The molecular weight excluding hydrogens is 352 g/mol. The molecule has 0 atom stereocenters. The van der Waals surface area contributed by atoms with E-state index in [0.29, 0.717) is 48.9 Å². The van der Waals surface area contributed by atoms with Crippen LogP contribution in [0.3, 0.4) is 0 Å². The number of aryl methyl sites for hydroxylation is 1. The first kappa shape index (κ1) is 19.0. The highest BCUT2D eigenvalue weighted by atomic mass is 35.5. The van der Waals surface area contributed by atoms with Gasteiger partial charge in [0.1, 0.15) is 5.75 Å². The van der Waals surface area contributed by atoms with Crippen LogP contribution in [0.15, 0.2) is 12.1 Å². The molecule has 1 fully saturated rings. The zero-order valence-corrected chi connectivity index (χ0v) is 15.8. The van der Waals surface area contributed by atoms with Crippen LogP contribution in [0.1, 0.15) is 29.3 Å². The van der Waals surface area contributed by atoms with Gasteiger partial charge in [-0.15, -0.1) is 0 Å². The molecule has 6 nitrogen and oxygen atoms in total. The topological polar surface area (TPSA) is 66.9 Å². The van der Waals surface area contributed by atoms with E-state index in [1.54, 1.807) is 17.0 Å². The highest BCUT2D eigenvalue weighted by Gasteiger charge is 2.29. The van der Waals surface area contributed by atoms with Gasteiger partial charge >= 0.3 is 0 Å². The molecule has 1 aromatic rings. The normalized spacial score (nSPS) is 16.2. The van der Waals surface area contributed by atoms with Crippen molar-refractivity contribution in [3.63, 3.8) is 0 Å². The van der Waals surface area contributed by atoms with E-state index in [0.717, 1.165) is 5.56 Å². The molecule has 24 heavy (non-hydrogen) atoms. The number of hydrogen-bond donors (Lipinski definition) is 0. The fraction of sp³-hybridized carbons (Fsp3) is 0.562. The number of amides is 1. The molecule has 0 radical (unpaired) electrons. The van der Waals surface area contributed by atoms with Gasteiger partial charge < -0.3 is 9.64 Å². The Hall–Kier alpha value is -1.31. The minimum atomic E-state index is -3.22. The highest BCUT2D eigenvalue weighted by Crippen LogP contribution is 2.28. The first-order valence-corrected chi connectivity index (χ1v) is 9.90.